The van der Waals surface area contributed by atoms with Gasteiger partial charge in [-0.15, -0.1) is 0 Å². The fourth-order valence-electron chi connectivity index (χ4n) is 3.71. The molecule has 2 aliphatic rings. The predicted molar refractivity (Wildman–Crippen MR) is 106 cm³/mol. The van der Waals surface area contributed by atoms with Gasteiger partial charge in [0.05, 0.1) is 6.54 Å². The zero-order valence-corrected chi connectivity index (χ0v) is 16.6. The number of carbonyl (C=O) groups is 1. The predicted octanol–water partition coefficient (Wildman–Crippen LogP) is 2.45. The number of fused-ring (bicyclic) bond motifs is 1. The average molecular weight is 421 g/mol. The summed E-state index contributed by atoms with van der Waals surface area (Å²) in [5.41, 5.74) is 0.156. The molecule has 0 bridgehead atoms. The normalized spacial score (nSPS) is 21.5. The molecule has 1 aromatic heterocycles. The number of piperazine rings is 1. The fraction of sp³-hybridized carbons (Fsp3) is 0.444. The highest BCUT2D eigenvalue weighted by atomic mass is 35.5. The van der Waals surface area contributed by atoms with Gasteiger partial charge in [-0.05, 0) is 30.0 Å². The Morgan fingerprint density at radius 2 is 2.14 bits per heavy atom. The number of ether oxygens (including phenoxy) is 1. The molecule has 2 aromatic rings. The number of anilines is 1. The number of hydrogen-bond acceptors (Lipinski definition) is 6. The van der Waals surface area contributed by atoms with Crippen LogP contribution < -0.4 is 10.1 Å². The summed E-state index contributed by atoms with van der Waals surface area (Å²) in [6.07, 6.45) is 1.40. The van der Waals surface area contributed by atoms with Gasteiger partial charge >= 0.3 is 17.9 Å². The van der Waals surface area contributed by atoms with Gasteiger partial charge in [-0.3, -0.25) is 9.47 Å². The Hall–Kier alpha value is -2.85. The molecule has 11 heteroatoms. The molecule has 29 heavy (non-hydrogen) atoms. The Bertz CT molecular complexity index is 917. The van der Waals surface area contributed by atoms with Crippen LogP contribution in [0, 0.1) is 10.1 Å². The van der Waals surface area contributed by atoms with Crippen LogP contribution in [0.1, 0.15) is 6.92 Å². The molecular weight excluding hydrogens is 400 g/mol. The molecule has 1 fully saturated rings. The van der Waals surface area contributed by atoms with E-state index in [2.05, 4.69) is 15.2 Å². The van der Waals surface area contributed by atoms with Crippen molar-refractivity contribution in [3.63, 3.8) is 0 Å². The van der Waals surface area contributed by atoms with Gasteiger partial charge in [0.15, 0.2) is 0 Å². The Morgan fingerprint density at radius 3 is 2.79 bits per heavy atom. The summed E-state index contributed by atoms with van der Waals surface area (Å²) in [6, 6.07) is 7.18. The standard InChI is InChI=1S/C18H21ClN6O4/c1-18(12-24-10-15(25(27)28)21-17(24)29-18)11-22-5-7-23(8-6-22)16(26)20-14-4-2-3-13(19)9-14/h2-4,9-10H,5-8,11-12H2,1H3,(H,20,26). The second kappa shape index (κ2) is 7.53. The summed E-state index contributed by atoms with van der Waals surface area (Å²) < 4.78 is 7.57. The first-order valence-electron chi connectivity index (χ1n) is 9.26. The maximum Gasteiger partial charge on any atom is 0.415 e. The van der Waals surface area contributed by atoms with Crippen LogP contribution in [-0.4, -0.2) is 68.6 Å². The first-order chi connectivity index (χ1) is 13.8. The van der Waals surface area contributed by atoms with E-state index in [9.17, 15) is 14.9 Å². The van der Waals surface area contributed by atoms with Gasteiger partial charge in [-0.1, -0.05) is 17.7 Å². The average Bonchev–Trinajstić information content (AvgIpc) is 3.17. The lowest BCUT2D eigenvalue weighted by Gasteiger charge is -2.37. The van der Waals surface area contributed by atoms with E-state index >= 15 is 0 Å². The van der Waals surface area contributed by atoms with Crippen molar-refractivity contribution in [3.8, 4) is 6.01 Å². The van der Waals surface area contributed by atoms with Crippen molar-refractivity contribution in [2.24, 2.45) is 0 Å². The largest absolute Gasteiger partial charge is 0.436 e. The number of benzene rings is 1. The number of rotatable bonds is 4. The molecule has 0 aliphatic carbocycles. The Morgan fingerprint density at radius 1 is 1.38 bits per heavy atom. The van der Waals surface area contributed by atoms with Crippen molar-refractivity contribution in [1.82, 2.24) is 19.4 Å². The smallest absolute Gasteiger partial charge is 0.415 e. The first kappa shape index (κ1) is 19.5. The summed E-state index contributed by atoms with van der Waals surface area (Å²) in [4.78, 5) is 30.7. The van der Waals surface area contributed by atoms with E-state index in [1.807, 2.05) is 6.92 Å². The van der Waals surface area contributed by atoms with E-state index in [4.69, 9.17) is 16.3 Å². The zero-order valence-electron chi connectivity index (χ0n) is 15.9. The highest BCUT2D eigenvalue weighted by molar-refractivity contribution is 6.30. The molecule has 1 atom stereocenters. The molecular formula is C18H21ClN6O4. The number of nitro groups is 1. The third-order valence-electron chi connectivity index (χ3n) is 5.05. The van der Waals surface area contributed by atoms with Gasteiger partial charge in [0, 0.05) is 48.4 Å². The van der Waals surface area contributed by atoms with E-state index in [1.165, 1.54) is 6.20 Å². The van der Waals surface area contributed by atoms with Crippen molar-refractivity contribution < 1.29 is 14.5 Å². The highest BCUT2D eigenvalue weighted by Crippen LogP contribution is 2.31. The number of hydrogen-bond donors (Lipinski definition) is 1. The fourth-order valence-corrected chi connectivity index (χ4v) is 3.90. The molecule has 0 saturated carbocycles. The van der Waals surface area contributed by atoms with Gasteiger partial charge in [0.1, 0.15) is 11.8 Å². The second-order valence-corrected chi connectivity index (χ2v) is 7.96. The van der Waals surface area contributed by atoms with Gasteiger partial charge < -0.3 is 25.1 Å². The van der Waals surface area contributed by atoms with E-state index in [1.54, 1.807) is 33.7 Å². The molecule has 1 unspecified atom stereocenters. The van der Waals surface area contributed by atoms with E-state index < -0.39 is 10.5 Å². The van der Waals surface area contributed by atoms with E-state index in [-0.39, 0.29) is 17.9 Å². The van der Waals surface area contributed by atoms with Crippen molar-refractivity contribution >= 4 is 29.1 Å². The van der Waals surface area contributed by atoms with Gasteiger partial charge in [-0.2, -0.15) is 0 Å². The molecule has 1 N–H and O–H groups in total. The van der Waals surface area contributed by atoms with Crippen molar-refractivity contribution in [3.05, 3.63) is 45.6 Å². The maximum absolute atomic E-state index is 12.5. The molecule has 2 aliphatic heterocycles. The monoisotopic (exact) mass is 420 g/mol. The number of urea groups is 1. The van der Waals surface area contributed by atoms with Crippen molar-refractivity contribution in [2.45, 2.75) is 19.1 Å². The number of imidazole rings is 1. The molecule has 3 heterocycles. The minimum atomic E-state index is -0.528. The van der Waals surface area contributed by atoms with Crippen LogP contribution in [0.3, 0.4) is 0 Å². The van der Waals surface area contributed by atoms with Crippen LogP contribution in [-0.2, 0) is 6.54 Å². The maximum atomic E-state index is 12.5. The number of aromatic nitrogens is 2. The molecule has 1 saturated heterocycles. The molecule has 10 nitrogen and oxygen atoms in total. The van der Waals surface area contributed by atoms with Crippen LogP contribution in [0.4, 0.5) is 16.3 Å². The van der Waals surface area contributed by atoms with E-state index in [0.29, 0.717) is 50.0 Å². The lowest BCUT2D eigenvalue weighted by Crippen LogP contribution is -2.54. The minimum Gasteiger partial charge on any atom is -0.436 e. The van der Waals surface area contributed by atoms with Gasteiger partial charge in [-0.25, -0.2) is 4.79 Å². The first-order valence-corrected chi connectivity index (χ1v) is 9.64. The number of carbonyl (C=O) groups excluding carboxylic acids is 1. The second-order valence-electron chi connectivity index (χ2n) is 7.52. The summed E-state index contributed by atoms with van der Waals surface area (Å²) in [6.45, 7) is 5.73. The topological polar surface area (TPSA) is 106 Å². The van der Waals surface area contributed by atoms with Gasteiger partial charge in [0.25, 0.3) is 0 Å². The lowest BCUT2D eigenvalue weighted by molar-refractivity contribution is -0.389. The van der Waals surface area contributed by atoms with Crippen molar-refractivity contribution in [1.29, 1.82) is 0 Å². The van der Waals surface area contributed by atoms with Gasteiger partial charge in [0.2, 0.25) is 0 Å². The lowest BCUT2D eigenvalue weighted by atomic mass is 10.1. The number of nitrogens with one attached hydrogen (secondary N) is 1. The molecule has 2 amide bonds. The van der Waals surface area contributed by atoms with Crippen LogP contribution in [0.2, 0.25) is 5.02 Å². The molecule has 0 radical (unpaired) electrons. The summed E-state index contributed by atoms with van der Waals surface area (Å²) >= 11 is 5.95. The number of nitrogens with zero attached hydrogens (tertiary/aromatic N) is 5. The van der Waals surface area contributed by atoms with Crippen LogP contribution >= 0.6 is 11.6 Å². The third-order valence-corrected chi connectivity index (χ3v) is 5.29. The quantitative estimate of drug-likeness (QED) is 0.601. The Balaban J connectivity index is 1.28. The highest BCUT2D eigenvalue weighted by Gasteiger charge is 2.42. The SMILES string of the molecule is CC1(CN2CCN(C(=O)Nc3cccc(Cl)c3)CC2)Cn2cc([N+](=O)[O-])nc2O1. The zero-order chi connectivity index (χ0) is 20.6. The number of halogens is 1. The molecule has 1 aromatic carbocycles. The van der Waals surface area contributed by atoms with E-state index in [0.717, 1.165) is 0 Å². The van der Waals surface area contributed by atoms with Crippen LogP contribution in [0.5, 0.6) is 6.01 Å². The minimum absolute atomic E-state index is 0.150. The van der Waals surface area contributed by atoms with Crippen LogP contribution in [0.25, 0.3) is 0 Å². The molecule has 4 rings (SSSR count). The Kier molecular flexibility index (Phi) is 5.05. The number of amides is 2. The van der Waals surface area contributed by atoms with Crippen LogP contribution in [0.15, 0.2) is 30.5 Å². The molecule has 154 valence electrons. The van der Waals surface area contributed by atoms with Crippen molar-refractivity contribution in [2.75, 3.05) is 38.0 Å². The Labute approximate surface area is 172 Å². The summed E-state index contributed by atoms with van der Waals surface area (Å²) in [5, 5.41) is 14.3. The molecule has 0 spiro atoms. The third kappa shape index (κ3) is 4.28. The summed E-state index contributed by atoms with van der Waals surface area (Å²) in [5.74, 6) is -0.207. The summed E-state index contributed by atoms with van der Waals surface area (Å²) in [7, 11) is 0.